The van der Waals surface area contributed by atoms with Gasteiger partial charge in [-0.1, -0.05) is 58.4 Å². The van der Waals surface area contributed by atoms with E-state index >= 15 is 0 Å². The Morgan fingerprint density at radius 1 is 1.00 bits per heavy atom. The first-order valence-electron chi connectivity index (χ1n) is 6.56. The third-order valence-corrected chi connectivity index (χ3v) is 3.19. The van der Waals surface area contributed by atoms with Crippen molar-refractivity contribution in [2.24, 2.45) is 0 Å². The summed E-state index contributed by atoms with van der Waals surface area (Å²) >= 11 is 0. The lowest BCUT2D eigenvalue weighted by Gasteiger charge is -2.24. The molecule has 0 radical (unpaired) electrons. The number of hydrogen-bond donors (Lipinski definition) is 1. The summed E-state index contributed by atoms with van der Waals surface area (Å²) in [6.07, 6.45) is 2.62. The molecule has 0 amide bonds. The monoisotopic (exact) mass is 234 g/mol. The Balaban J connectivity index is 2.75. The smallest absolute Gasteiger partial charge is 0.0659 e. The third kappa shape index (κ3) is 4.51. The largest absolute Gasteiger partial charge is 0.390 e. The van der Waals surface area contributed by atoms with Crippen LogP contribution in [0.25, 0.3) is 0 Å². The minimum absolute atomic E-state index is 0.199. The fourth-order valence-electron chi connectivity index (χ4n) is 2.19. The van der Waals surface area contributed by atoms with Crippen LogP contribution in [0.5, 0.6) is 0 Å². The highest BCUT2D eigenvalue weighted by Crippen LogP contribution is 2.24. The molecule has 0 aliphatic carbocycles. The molecule has 0 saturated carbocycles. The van der Waals surface area contributed by atoms with Gasteiger partial charge in [-0.15, -0.1) is 0 Å². The third-order valence-electron chi connectivity index (χ3n) is 3.19. The van der Waals surface area contributed by atoms with Crippen LogP contribution in [-0.2, 0) is 11.8 Å². The summed E-state index contributed by atoms with van der Waals surface area (Å²) in [7, 11) is 0. The number of rotatable bonds is 4. The molecule has 1 aromatic carbocycles. The average molecular weight is 234 g/mol. The van der Waals surface area contributed by atoms with Crippen molar-refractivity contribution < 1.29 is 5.11 Å². The van der Waals surface area contributed by atoms with E-state index in [0.717, 1.165) is 19.3 Å². The standard InChI is InChI=1S/C16H26O/c1-6-11-16(5,17)12-13-7-9-14(10-8-13)15(2,3)4/h7-10,17H,6,11-12H2,1-5H3. The van der Waals surface area contributed by atoms with E-state index in [9.17, 15) is 5.11 Å². The molecule has 0 heterocycles. The Kier molecular flexibility index (Phi) is 4.37. The highest BCUT2D eigenvalue weighted by atomic mass is 16.3. The van der Waals surface area contributed by atoms with Crippen LogP contribution in [0.4, 0.5) is 0 Å². The van der Waals surface area contributed by atoms with Crippen LogP contribution in [0.1, 0.15) is 58.6 Å². The number of aliphatic hydroxyl groups is 1. The van der Waals surface area contributed by atoms with Gasteiger partial charge in [0.05, 0.1) is 5.60 Å². The summed E-state index contributed by atoms with van der Waals surface area (Å²) in [5, 5.41) is 10.2. The summed E-state index contributed by atoms with van der Waals surface area (Å²) < 4.78 is 0. The van der Waals surface area contributed by atoms with Crippen LogP contribution in [0, 0.1) is 0 Å². The van der Waals surface area contributed by atoms with Crippen molar-refractivity contribution in [1.82, 2.24) is 0 Å². The highest BCUT2D eigenvalue weighted by Gasteiger charge is 2.20. The van der Waals surface area contributed by atoms with Gasteiger partial charge < -0.3 is 5.11 Å². The molecule has 0 spiro atoms. The lowest BCUT2D eigenvalue weighted by atomic mass is 9.85. The predicted molar refractivity (Wildman–Crippen MR) is 74.4 cm³/mol. The summed E-state index contributed by atoms with van der Waals surface area (Å²) in [5.41, 5.74) is 2.19. The van der Waals surface area contributed by atoms with Gasteiger partial charge in [0.15, 0.2) is 0 Å². The summed E-state index contributed by atoms with van der Waals surface area (Å²) in [6, 6.07) is 8.64. The van der Waals surface area contributed by atoms with E-state index < -0.39 is 5.60 Å². The lowest BCUT2D eigenvalue weighted by Crippen LogP contribution is -2.26. The molecular formula is C16H26O. The van der Waals surface area contributed by atoms with Gasteiger partial charge in [0.2, 0.25) is 0 Å². The maximum Gasteiger partial charge on any atom is 0.0659 e. The zero-order chi connectivity index (χ0) is 13.1. The van der Waals surface area contributed by atoms with E-state index in [2.05, 4.69) is 52.0 Å². The molecule has 1 rings (SSSR count). The molecule has 1 N–H and O–H groups in total. The van der Waals surface area contributed by atoms with Crippen LogP contribution < -0.4 is 0 Å². The molecule has 1 unspecified atom stereocenters. The van der Waals surface area contributed by atoms with Gasteiger partial charge in [0.1, 0.15) is 0 Å². The number of benzene rings is 1. The Morgan fingerprint density at radius 2 is 1.53 bits per heavy atom. The van der Waals surface area contributed by atoms with Crippen LogP contribution in [-0.4, -0.2) is 10.7 Å². The van der Waals surface area contributed by atoms with Gasteiger partial charge in [0.25, 0.3) is 0 Å². The van der Waals surface area contributed by atoms with Crippen molar-refractivity contribution in [3.8, 4) is 0 Å². The highest BCUT2D eigenvalue weighted by molar-refractivity contribution is 5.28. The van der Waals surface area contributed by atoms with Crippen molar-refractivity contribution in [2.45, 2.75) is 64.9 Å². The Hall–Kier alpha value is -0.820. The molecule has 1 aromatic rings. The van der Waals surface area contributed by atoms with Crippen LogP contribution in [0.15, 0.2) is 24.3 Å². The van der Waals surface area contributed by atoms with E-state index in [1.807, 2.05) is 6.92 Å². The maximum absolute atomic E-state index is 10.2. The maximum atomic E-state index is 10.2. The molecule has 0 fully saturated rings. The zero-order valence-corrected chi connectivity index (χ0v) is 11.9. The molecule has 0 bridgehead atoms. The van der Waals surface area contributed by atoms with Gasteiger partial charge in [-0.05, 0) is 29.9 Å². The molecule has 0 aliphatic heterocycles. The quantitative estimate of drug-likeness (QED) is 0.832. The number of hydrogen-bond acceptors (Lipinski definition) is 1. The van der Waals surface area contributed by atoms with E-state index in [1.165, 1.54) is 11.1 Å². The average Bonchev–Trinajstić information content (AvgIpc) is 2.16. The second-order valence-corrected chi connectivity index (χ2v) is 6.37. The topological polar surface area (TPSA) is 20.2 Å². The first-order valence-corrected chi connectivity index (χ1v) is 6.56. The lowest BCUT2D eigenvalue weighted by molar-refractivity contribution is 0.0505. The summed E-state index contributed by atoms with van der Waals surface area (Å²) in [5.74, 6) is 0. The molecule has 1 atom stereocenters. The summed E-state index contributed by atoms with van der Waals surface area (Å²) in [4.78, 5) is 0. The fraction of sp³-hybridized carbons (Fsp3) is 0.625. The van der Waals surface area contributed by atoms with Gasteiger partial charge in [-0.2, -0.15) is 0 Å². The van der Waals surface area contributed by atoms with Gasteiger partial charge in [0, 0.05) is 6.42 Å². The molecule has 0 aliphatic rings. The normalized spacial score (nSPS) is 15.6. The molecule has 0 saturated heterocycles. The Bertz CT molecular complexity index is 341. The van der Waals surface area contributed by atoms with E-state index in [-0.39, 0.29) is 5.41 Å². The molecule has 1 nitrogen and oxygen atoms in total. The minimum Gasteiger partial charge on any atom is -0.390 e. The molecule has 96 valence electrons. The Morgan fingerprint density at radius 3 is 1.94 bits per heavy atom. The van der Waals surface area contributed by atoms with Crippen molar-refractivity contribution in [1.29, 1.82) is 0 Å². The van der Waals surface area contributed by atoms with E-state index in [0.29, 0.717) is 0 Å². The van der Waals surface area contributed by atoms with Crippen LogP contribution in [0.3, 0.4) is 0 Å². The Labute approximate surface area is 106 Å². The van der Waals surface area contributed by atoms with Crippen molar-refractivity contribution >= 4 is 0 Å². The SMILES string of the molecule is CCCC(C)(O)Cc1ccc(C(C)(C)C)cc1. The molecule has 0 aromatic heterocycles. The molecular weight excluding hydrogens is 208 g/mol. The van der Waals surface area contributed by atoms with Crippen molar-refractivity contribution in [3.05, 3.63) is 35.4 Å². The minimum atomic E-state index is -0.571. The first-order chi connectivity index (χ1) is 7.74. The van der Waals surface area contributed by atoms with E-state index in [4.69, 9.17) is 0 Å². The van der Waals surface area contributed by atoms with Crippen LogP contribution >= 0.6 is 0 Å². The predicted octanol–water partition coefficient (Wildman–Crippen LogP) is 4.08. The zero-order valence-electron chi connectivity index (χ0n) is 11.9. The second-order valence-electron chi connectivity index (χ2n) is 6.37. The van der Waals surface area contributed by atoms with Crippen molar-refractivity contribution in [3.63, 3.8) is 0 Å². The summed E-state index contributed by atoms with van der Waals surface area (Å²) in [6.45, 7) is 10.7. The van der Waals surface area contributed by atoms with Gasteiger partial charge in [-0.25, -0.2) is 0 Å². The molecule has 1 heteroatoms. The van der Waals surface area contributed by atoms with E-state index in [1.54, 1.807) is 0 Å². The van der Waals surface area contributed by atoms with Gasteiger partial charge >= 0.3 is 0 Å². The second kappa shape index (κ2) is 5.22. The molecule has 17 heavy (non-hydrogen) atoms. The van der Waals surface area contributed by atoms with Crippen LogP contribution in [0.2, 0.25) is 0 Å². The fourth-order valence-corrected chi connectivity index (χ4v) is 2.19. The van der Waals surface area contributed by atoms with Crippen molar-refractivity contribution in [2.75, 3.05) is 0 Å². The first kappa shape index (κ1) is 14.2. The van der Waals surface area contributed by atoms with Gasteiger partial charge in [-0.3, -0.25) is 0 Å².